The lowest BCUT2D eigenvalue weighted by Gasteiger charge is -2.14. The highest BCUT2D eigenvalue weighted by Crippen LogP contribution is 2.36. The first kappa shape index (κ1) is 17.9. The quantitative estimate of drug-likeness (QED) is 0.374. The zero-order valence-corrected chi connectivity index (χ0v) is 16.2. The molecule has 1 aliphatic heterocycles. The van der Waals surface area contributed by atoms with Crippen LogP contribution >= 0.6 is 0 Å². The monoisotopic (exact) mass is 390 g/mol. The van der Waals surface area contributed by atoms with E-state index < -0.39 is 0 Å². The van der Waals surface area contributed by atoms with Gasteiger partial charge in [-0.2, -0.15) is 9.98 Å². The lowest BCUT2D eigenvalue weighted by molar-refractivity contribution is 0.121. The number of ether oxygens (including phenoxy) is 2. The average molecular weight is 390 g/mol. The Hall–Kier alpha value is -4.14. The predicted molar refractivity (Wildman–Crippen MR) is 119 cm³/mol. The Morgan fingerprint density at radius 3 is 1.47 bits per heavy atom. The van der Waals surface area contributed by atoms with Crippen LogP contribution in [0.2, 0.25) is 0 Å². The molecule has 0 amide bonds. The van der Waals surface area contributed by atoms with Gasteiger partial charge in [0.25, 0.3) is 0 Å². The summed E-state index contributed by atoms with van der Waals surface area (Å²) in [6.07, 6.45) is 0. The second kappa shape index (κ2) is 8.08. The van der Waals surface area contributed by atoms with Gasteiger partial charge in [0.05, 0.1) is 0 Å². The molecule has 0 radical (unpaired) electrons. The second-order valence-corrected chi connectivity index (χ2v) is 6.83. The van der Waals surface area contributed by atoms with Crippen LogP contribution in [0.25, 0.3) is 22.3 Å². The van der Waals surface area contributed by atoms with E-state index in [1.54, 1.807) is 0 Å². The van der Waals surface area contributed by atoms with Crippen LogP contribution in [-0.2, 0) is 0 Å². The molecule has 0 fully saturated rings. The molecular weight excluding hydrogens is 372 g/mol. The minimum absolute atomic E-state index is 0.0698. The summed E-state index contributed by atoms with van der Waals surface area (Å²) in [4.78, 5) is 8.88. The predicted octanol–water partition coefficient (Wildman–Crippen LogP) is 6.89. The standard InChI is InChI=1S/C26H18N2O2/c1-3-7-19(8-4-1)21-11-13-25-23(15-21)27-17-28-24-16-22(20-9-5-2-6-10-20)12-14-26(24)30-18-29-25/h1-16H,18H2. The molecule has 5 rings (SSSR count). The minimum Gasteiger partial charge on any atom is -0.455 e. The Bertz CT molecular complexity index is 1150. The zero-order chi connectivity index (χ0) is 20.2. The van der Waals surface area contributed by atoms with Gasteiger partial charge in [-0.25, -0.2) is 0 Å². The fourth-order valence-electron chi connectivity index (χ4n) is 3.36. The molecule has 4 heteroatoms. The third-order valence-electron chi connectivity index (χ3n) is 4.90. The number of aliphatic imine (C=N–C) groups is 2. The summed E-state index contributed by atoms with van der Waals surface area (Å²) in [7, 11) is 0. The lowest BCUT2D eigenvalue weighted by Crippen LogP contribution is -2.06. The first-order valence-corrected chi connectivity index (χ1v) is 9.68. The Kier molecular flexibility index (Phi) is 4.83. The summed E-state index contributed by atoms with van der Waals surface area (Å²) in [5.41, 5.74) is 5.64. The minimum atomic E-state index is 0.0698. The molecule has 0 spiro atoms. The average Bonchev–Trinajstić information content (AvgIpc) is 2.82. The van der Waals surface area contributed by atoms with E-state index in [1.807, 2.05) is 72.8 Å². The molecule has 0 N–H and O–H groups in total. The molecule has 0 saturated carbocycles. The summed E-state index contributed by atoms with van der Waals surface area (Å²) in [5.74, 6) is 1.25. The highest BCUT2D eigenvalue weighted by atomic mass is 16.7. The van der Waals surface area contributed by atoms with Gasteiger partial charge in [0, 0.05) is 0 Å². The van der Waals surface area contributed by atoms with Gasteiger partial charge in [-0.1, -0.05) is 72.8 Å². The summed E-state index contributed by atoms with van der Waals surface area (Å²) in [6.45, 7) is 0.0698. The molecule has 4 aromatic carbocycles. The van der Waals surface area contributed by atoms with Crippen molar-refractivity contribution < 1.29 is 9.47 Å². The van der Waals surface area contributed by atoms with Crippen LogP contribution in [0.15, 0.2) is 107 Å². The van der Waals surface area contributed by atoms with Gasteiger partial charge in [0.15, 0.2) is 0 Å². The Labute approximate surface area is 174 Å². The van der Waals surface area contributed by atoms with Crippen molar-refractivity contribution >= 4 is 17.4 Å². The van der Waals surface area contributed by atoms with Crippen LogP contribution < -0.4 is 9.47 Å². The van der Waals surface area contributed by atoms with Crippen LogP contribution in [0.1, 0.15) is 0 Å². The van der Waals surface area contributed by atoms with Gasteiger partial charge in [-0.15, -0.1) is 0 Å². The van der Waals surface area contributed by atoms with Crippen molar-refractivity contribution in [3.8, 4) is 33.8 Å². The van der Waals surface area contributed by atoms with Gasteiger partial charge in [0.2, 0.25) is 6.79 Å². The van der Waals surface area contributed by atoms with Crippen LogP contribution in [0, 0.1) is 0 Å². The van der Waals surface area contributed by atoms with Crippen LogP contribution in [0.3, 0.4) is 0 Å². The maximum Gasteiger partial charge on any atom is 0.231 e. The molecule has 0 aromatic heterocycles. The van der Waals surface area contributed by atoms with Crippen molar-refractivity contribution in [2.45, 2.75) is 0 Å². The van der Waals surface area contributed by atoms with Gasteiger partial charge in [0.1, 0.15) is 28.9 Å². The third kappa shape index (κ3) is 3.72. The van der Waals surface area contributed by atoms with E-state index in [4.69, 9.17) is 9.47 Å². The maximum atomic E-state index is 5.83. The molecule has 0 unspecified atom stereocenters. The fourth-order valence-corrected chi connectivity index (χ4v) is 3.36. The summed E-state index contributed by atoms with van der Waals surface area (Å²) in [6, 6.07) is 34.8. The molecule has 0 aliphatic carbocycles. The highest BCUT2D eigenvalue weighted by Gasteiger charge is 2.10. The highest BCUT2D eigenvalue weighted by molar-refractivity contribution is 5.75. The van der Waals surface area contributed by atoms with Crippen molar-refractivity contribution in [3.63, 3.8) is 0 Å². The van der Waals surface area contributed by atoms with Crippen molar-refractivity contribution in [3.05, 3.63) is 97.1 Å². The third-order valence-corrected chi connectivity index (χ3v) is 4.90. The lowest BCUT2D eigenvalue weighted by atomic mass is 10.0. The van der Waals surface area contributed by atoms with Crippen molar-refractivity contribution in [1.82, 2.24) is 0 Å². The van der Waals surface area contributed by atoms with E-state index in [2.05, 4.69) is 40.3 Å². The number of nitrogens with zero attached hydrogens (tertiary/aromatic N) is 2. The Morgan fingerprint density at radius 2 is 1.00 bits per heavy atom. The maximum absolute atomic E-state index is 5.83. The molecule has 144 valence electrons. The van der Waals surface area contributed by atoms with Crippen molar-refractivity contribution in [1.29, 1.82) is 0 Å². The van der Waals surface area contributed by atoms with E-state index in [9.17, 15) is 0 Å². The molecule has 0 bridgehead atoms. The first-order valence-electron chi connectivity index (χ1n) is 9.68. The summed E-state index contributed by atoms with van der Waals surface area (Å²) in [5, 5.41) is 0. The smallest absolute Gasteiger partial charge is 0.231 e. The van der Waals surface area contributed by atoms with E-state index in [0.29, 0.717) is 22.9 Å². The summed E-state index contributed by atoms with van der Waals surface area (Å²) < 4.78 is 11.7. The molecule has 1 aliphatic rings. The second-order valence-electron chi connectivity index (χ2n) is 6.83. The van der Waals surface area contributed by atoms with Crippen molar-refractivity contribution in [2.75, 3.05) is 6.79 Å². The Morgan fingerprint density at radius 1 is 0.533 bits per heavy atom. The van der Waals surface area contributed by atoms with E-state index in [0.717, 1.165) is 22.3 Å². The van der Waals surface area contributed by atoms with E-state index >= 15 is 0 Å². The number of hydrogen-bond acceptors (Lipinski definition) is 4. The molecule has 1 heterocycles. The van der Waals surface area contributed by atoms with Gasteiger partial charge < -0.3 is 9.47 Å². The van der Waals surface area contributed by atoms with Gasteiger partial charge in [-0.3, -0.25) is 0 Å². The zero-order valence-electron chi connectivity index (χ0n) is 16.2. The van der Waals surface area contributed by atoms with E-state index in [1.165, 1.54) is 0 Å². The van der Waals surface area contributed by atoms with Gasteiger partial charge >= 0.3 is 0 Å². The number of hydrogen-bond donors (Lipinski definition) is 0. The normalized spacial score (nSPS) is 12.3. The topological polar surface area (TPSA) is 43.2 Å². The largest absolute Gasteiger partial charge is 0.455 e. The Balaban J connectivity index is 1.54. The summed E-state index contributed by atoms with van der Waals surface area (Å²) >= 11 is 0. The molecular formula is C26H18N2O2. The van der Waals surface area contributed by atoms with Crippen LogP contribution in [0.4, 0.5) is 11.4 Å². The van der Waals surface area contributed by atoms with Crippen LogP contribution in [0.5, 0.6) is 11.5 Å². The molecule has 4 aromatic rings. The van der Waals surface area contributed by atoms with Crippen molar-refractivity contribution in [2.24, 2.45) is 9.98 Å². The SMILES string of the molecule is C1=Nc2cc(-c3ccccc3)ccc2OCOc2ccc(-c3ccccc3)cc2N=1. The molecule has 0 saturated heterocycles. The fraction of sp³-hybridized carbons (Fsp3) is 0.0385. The number of rotatable bonds is 2. The van der Waals surface area contributed by atoms with Gasteiger partial charge in [-0.05, 0) is 46.5 Å². The number of fused-ring (bicyclic) bond motifs is 2. The molecule has 4 nitrogen and oxygen atoms in total. The van der Waals surface area contributed by atoms with E-state index in [-0.39, 0.29) is 6.79 Å². The first-order chi connectivity index (χ1) is 14.9. The van der Waals surface area contributed by atoms with Crippen LogP contribution in [-0.4, -0.2) is 12.8 Å². The molecule has 0 atom stereocenters. The number of benzene rings is 4. The molecule has 30 heavy (non-hydrogen) atoms.